The summed E-state index contributed by atoms with van der Waals surface area (Å²) in [6.07, 6.45) is 93.2. The Morgan fingerprint density at radius 1 is 0.364 bits per heavy atom. The molecule has 514 valence electrons. The highest BCUT2D eigenvalue weighted by Gasteiger charge is 2.27. The Morgan fingerprint density at radius 3 is 0.966 bits per heavy atom. The molecule has 10 heteroatoms. The van der Waals surface area contributed by atoms with Gasteiger partial charge in [-0.05, 0) is 83.5 Å². The van der Waals surface area contributed by atoms with E-state index >= 15 is 0 Å². The van der Waals surface area contributed by atoms with Crippen LogP contribution in [0, 0.1) is 0 Å². The van der Waals surface area contributed by atoms with E-state index in [1.807, 2.05) is 21.1 Å². The SMILES string of the molecule is CC/C=C\C/C=C\C/C=C\C/C=C\CCCCCCCCCCCCCCCCCCCCCCCCCCCCC(=O)OC(COC(=O)CCCCCCCCCCCCCCC/C=C\C/C=C\CCCCCCC)COP(=O)(O)OCC[N+](C)(C)C. The summed E-state index contributed by atoms with van der Waals surface area (Å²) >= 11 is 0. The van der Waals surface area contributed by atoms with E-state index in [2.05, 4.69) is 86.8 Å². The Kier molecular flexibility index (Phi) is 66.8. The Labute approximate surface area is 546 Å². The van der Waals surface area contributed by atoms with E-state index < -0.39 is 26.5 Å². The minimum atomic E-state index is -4.39. The van der Waals surface area contributed by atoms with E-state index in [4.69, 9.17) is 18.5 Å². The van der Waals surface area contributed by atoms with Crippen molar-refractivity contribution in [2.75, 3.05) is 47.5 Å². The number of hydrogen-bond donors (Lipinski definition) is 1. The molecule has 9 nitrogen and oxygen atoms in total. The Balaban J connectivity index is 3.93. The largest absolute Gasteiger partial charge is 0.472 e. The number of esters is 2. The van der Waals surface area contributed by atoms with E-state index in [0.29, 0.717) is 23.9 Å². The van der Waals surface area contributed by atoms with Gasteiger partial charge in [-0.25, -0.2) is 4.57 Å². The first-order chi connectivity index (χ1) is 43.0. The smallest absolute Gasteiger partial charge is 0.462 e. The molecule has 0 aliphatic heterocycles. The topological polar surface area (TPSA) is 108 Å². The number of phosphoric acid groups is 1. The molecule has 0 fully saturated rings. The van der Waals surface area contributed by atoms with Gasteiger partial charge in [0.15, 0.2) is 6.10 Å². The number of nitrogens with zero attached hydrogens (tertiary/aromatic N) is 1. The summed E-state index contributed by atoms with van der Waals surface area (Å²) in [6.45, 7) is 4.37. The molecule has 0 rings (SSSR count). The minimum Gasteiger partial charge on any atom is -0.462 e. The number of ether oxygens (including phenoxy) is 2. The summed E-state index contributed by atoms with van der Waals surface area (Å²) in [6, 6.07) is 0. The third-order valence-electron chi connectivity index (χ3n) is 16.7. The Morgan fingerprint density at radius 2 is 0.648 bits per heavy atom. The van der Waals surface area contributed by atoms with Crippen molar-refractivity contribution >= 4 is 19.8 Å². The van der Waals surface area contributed by atoms with Gasteiger partial charge in [-0.1, -0.05) is 337 Å². The van der Waals surface area contributed by atoms with Gasteiger partial charge < -0.3 is 18.9 Å². The Bertz CT molecular complexity index is 1710. The third-order valence-corrected chi connectivity index (χ3v) is 17.7. The fourth-order valence-corrected chi connectivity index (χ4v) is 11.7. The summed E-state index contributed by atoms with van der Waals surface area (Å²) < 4.78 is 34.8. The second-order valence-electron chi connectivity index (χ2n) is 26.7. The first kappa shape index (κ1) is 85.5. The predicted molar refractivity (Wildman–Crippen MR) is 381 cm³/mol. The number of quaternary nitrogens is 1. The van der Waals surface area contributed by atoms with Crippen LogP contribution in [0.25, 0.3) is 0 Å². The molecule has 1 N–H and O–H groups in total. The number of allylic oxidation sites excluding steroid dienone is 12. The van der Waals surface area contributed by atoms with Gasteiger partial charge in [0.1, 0.15) is 19.8 Å². The lowest BCUT2D eigenvalue weighted by Gasteiger charge is -2.24. The molecule has 0 aliphatic rings. The number of hydrogen-bond acceptors (Lipinski definition) is 7. The van der Waals surface area contributed by atoms with E-state index in [1.165, 1.54) is 263 Å². The number of unbranched alkanes of at least 4 members (excludes halogenated alkanes) is 44. The van der Waals surface area contributed by atoms with E-state index in [-0.39, 0.29) is 25.6 Å². The van der Waals surface area contributed by atoms with Gasteiger partial charge in [0.25, 0.3) is 0 Å². The van der Waals surface area contributed by atoms with Crippen LogP contribution in [0.4, 0.5) is 0 Å². The summed E-state index contributed by atoms with van der Waals surface area (Å²) in [5.41, 5.74) is 0. The first-order valence-corrected chi connectivity index (χ1v) is 39.2. The van der Waals surface area contributed by atoms with Crippen molar-refractivity contribution in [3.05, 3.63) is 72.9 Å². The molecule has 0 radical (unpaired) electrons. The lowest BCUT2D eigenvalue weighted by atomic mass is 10.0. The van der Waals surface area contributed by atoms with E-state index in [0.717, 1.165) is 64.2 Å². The maximum Gasteiger partial charge on any atom is 0.472 e. The molecule has 0 aromatic heterocycles. The molecule has 0 aliphatic carbocycles. The molecular weight excluding hydrogens is 1110 g/mol. The average Bonchev–Trinajstić information content (AvgIpc) is 3.68. The second-order valence-corrected chi connectivity index (χ2v) is 28.1. The summed E-state index contributed by atoms with van der Waals surface area (Å²) in [5.74, 6) is -0.780. The van der Waals surface area contributed by atoms with Gasteiger partial charge in [-0.15, -0.1) is 0 Å². The highest BCUT2D eigenvalue weighted by atomic mass is 31.2. The molecule has 0 aromatic rings. The number of phosphoric ester groups is 1. The van der Waals surface area contributed by atoms with Gasteiger partial charge in [0.05, 0.1) is 27.7 Å². The molecule has 0 spiro atoms. The van der Waals surface area contributed by atoms with Crippen molar-refractivity contribution in [1.82, 2.24) is 0 Å². The van der Waals surface area contributed by atoms with Crippen molar-refractivity contribution in [3.63, 3.8) is 0 Å². The highest BCUT2D eigenvalue weighted by Crippen LogP contribution is 2.43. The minimum absolute atomic E-state index is 0.0327. The van der Waals surface area contributed by atoms with Crippen molar-refractivity contribution in [2.24, 2.45) is 0 Å². The van der Waals surface area contributed by atoms with E-state index in [9.17, 15) is 19.0 Å². The quantitative estimate of drug-likeness (QED) is 0.0211. The van der Waals surface area contributed by atoms with Crippen molar-refractivity contribution in [2.45, 2.75) is 367 Å². The number of carbonyl (C=O) groups is 2. The van der Waals surface area contributed by atoms with Crippen LogP contribution in [-0.2, 0) is 32.7 Å². The van der Waals surface area contributed by atoms with Crippen LogP contribution in [0.15, 0.2) is 72.9 Å². The Hall–Kier alpha value is -2.55. The van der Waals surface area contributed by atoms with Crippen LogP contribution in [0.3, 0.4) is 0 Å². The zero-order chi connectivity index (χ0) is 64.1. The number of carbonyl (C=O) groups excluding carboxylic acids is 2. The molecule has 0 bridgehead atoms. The van der Waals surface area contributed by atoms with Gasteiger partial charge in [-0.2, -0.15) is 0 Å². The van der Waals surface area contributed by atoms with Crippen LogP contribution in [0.1, 0.15) is 361 Å². The zero-order valence-electron chi connectivity index (χ0n) is 58.7. The lowest BCUT2D eigenvalue weighted by molar-refractivity contribution is -0.870. The van der Waals surface area contributed by atoms with Crippen molar-refractivity contribution < 1.29 is 42.1 Å². The second kappa shape index (κ2) is 68.8. The van der Waals surface area contributed by atoms with Crippen molar-refractivity contribution in [3.8, 4) is 0 Å². The maximum atomic E-state index is 12.9. The number of likely N-dealkylation sites (N-methyl/N-ethyl adjacent to an activating group) is 1. The molecule has 0 saturated heterocycles. The van der Waals surface area contributed by atoms with Crippen LogP contribution in [0.5, 0.6) is 0 Å². The molecule has 2 atom stereocenters. The van der Waals surface area contributed by atoms with Gasteiger partial charge in [0, 0.05) is 12.8 Å². The maximum absolute atomic E-state index is 12.9. The molecular formula is C78H145NO8P+. The highest BCUT2D eigenvalue weighted by molar-refractivity contribution is 7.47. The third kappa shape index (κ3) is 72.5. The van der Waals surface area contributed by atoms with E-state index in [1.54, 1.807) is 0 Å². The summed E-state index contributed by atoms with van der Waals surface area (Å²) in [5, 5.41) is 0. The van der Waals surface area contributed by atoms with Crippen LogP contribution < -0.4 is 0 Å². The van der Waals surface area contributed by atoms with Crippen LogP contribution in [0.2, 0.25) is 0 Å². The van der Waals surface area contributed by atoms with Gasteiger partial charge >= 0.3 is 19.8 Å². The standard InChI is InChI=1S/C78H144NO8P/c1-6-8-10-12-14-16-18-20-22-24-26-28-30-32-33-34-35-36-37-38-39-40-41-42-43-44-45-47-49-51-53-55-57-59-61-63-65-67-69-71-78(81)87-76(75-86-88(82,83)85-73-72-79(3,4)5)74-84-77(80)70-68-66-64-62-60-58-56-54-52-50-48-46-31-29-27-25-23-21-19-17-15-13-11-9-7-2/h8,10,14,16,19-22,25-28,76H,6-7,9,11-13,15,17-18,23-24,29-75H2,1-5H3/p+1/b10-8-,16-14-,21-19-,22-20-,27-25-,28-26-. The molecule has 88 heavy (non-hydrogen) atoms. The molecule has 0 heterocycles. The number of rotatable bonds is 70. The first-order valence-electron chi connectivity index (χ1n) is 37.7. The molecule has 0 amide bonds. The van der Waals surface area contributed by atoms with Gasteiger partial charge in [-0.3, -0.25) is 18.6 Å². The fourth-order valence-electron chi connectivity index (χ4n) is 11.0. The molecule has 0 aromatic carbocycles. The van der Waals surface area contributed by atoms with Gasteiger partial charge in [0.2, 0.25) is 0 Å². The summed E-state index contributed by atoms with van der Waals surface area (Å²) in [7, 11) is 1.49. The monoisotopic (exact) mass is 1260 g/mol. The lowest BCUT2D eigenvalue weighted by Crippen LogP contribution is -2.37. The fraction of sp³-hybridized carbons (Fsp3) is 0.821. The van der Waals surface area contributed by atoms with Crippen LogP contribution in [-0.4, -0.2) is 74.9 Å². The normalized spacial score (nSPS) is 13.5. The zero-order valence-corrected chi connectivity index (χ0v) is 59.6. The van der Waals surface area contributed by atoms with Crippen molar-refractivity contribution in [1.29, 1.82) is 0 Å². The molecule has 2 unspecified atom stereocenters. The average molecular weight is 1260 g/mol. The predicted octanol–water partition coefficient (Wildman–Crippen LogP) is 24.7. The van der Waals surface area contributed by atoms with Crippen LogP contribution >= 0.6 is 7.82 Å². The summed E-state index contributed by atoms with van der Waals surface area (Å²) in [4.78, 5) is 35.9. The molecule has 0 saturated carbocycles.